The fourth-order valence-electron chi connectivity index (χ4n) is 2.76. The molecule has 0 saturated carbocycles. The summed E-state index contributed by atoms with van der Waals surface area (Å²) in [5, 5.41) is 3.68. The van der Waals surface area contributed by atoms with E-state index >= 15 is 0 Å². The lowest BCUT2D eigenvalue weighted by Crippen LogP contribution is -2.34. The number of hydrogen-bond donors (Lipinski definition) is 4. The van der Waals surface area contributed by atoms with E-state index in [9.17, 15) is 4.79 Å². The first-order valence-electron chi connectivity index (χ1n) is 8.61. The van der Waals surface area contributed by atoms with Crippen LogP contribution in [0.25, 0.3) is 0 Å². The maximum atomic E-state index is 11.3. The maximum absolute atomic E-state index is 11.3. The number of nitrogens with one attached hydrogen (secondary N) is 1. The molecule has 28 heavy (non-hydrogen) atoms. The molecule has 0 heterocycles. The number of carbonyl (C=O) groups is 1. The van der Waals surface area contributed by atoms with Crippen molar-refractivity contribution in [1.29, 1.82) is 0 Å². The Labute approximate surface area is 168 Å². The second-order valence-electron chi connectivity index (χ2n) is 6.26. The molecule has 3 rings (SSSR count). The van der Waals surface area contributed by atoms with Gasteiger partial charge < -0.3 is 27.4 Å². The van der Waals surface area contributed by atoms with Gasteiger partial charge in [-0.2, -0.15) is 0 Å². The lowest BCUT2D eigenvalue weighted by Gasteiger charge is -2.27. The van der Waals surface area contributed by atoms with E-state index in [0.717, 1.165) is 16.9 Å². The Kier molecular flexibility index (Phi) is 5.76. The van der Waals surface area contributed by atoms with Crippen molar-refractivity contribution in [2.24, 2.45) is 5.73 Å². The minimum atomic E-state index is -0.463. The second kappa shape index (κ2) is 8.41. The molecular weight excluding hydrogens is 370 g/mol. The Morgan fingerprint density at radius 3 is 2.32 bits per heavy atom. The van der Waals surface area contributed by atoms with Crippen molar-refractivity contribution < 1.29 is 4.79 Å². The summed E-state index contributed by atoms with van der Waals surface area (Å²) < 4.78 is 0. The fraction of sp³-hybridized carbons (Fsp3) is 0.0476. The average Bonchev–Trinajstić information content (AvgIpc) is 2.67. The van der Waals surface area contributed by atoms with Crippen molar-refractivity contribution in [3.8, 4) is 0 Å². The third-order valence-corrected chi connectivity index (χ3v) is 4.51. The van der Waals surface area contributed by atoms with Gasteiger partial charge in [-0.1, -0.05) is 30.3 Å². The summed E-state index contributed by atoms with van der Waals surface area (Å²) in [6.45, 7) is 0.460. The van der Waals surface area contributed by atoms with Gasteiger partial charge in [-0.15, -0.1) is 0 Å². The standard InChI is InChI=1S/C21H21N5OS/c22-16-4-3-5-17(12-16)25-21(28)26(19-7-2-1-6-18(19)23)13-14-8-10-15(11-9-14)20(24)27/h1-12H,13,22-23H2,(H2,24,27)(H,25,28). The molecule has 3 aromatic carbocycles. The molecule has 0 saturated heterocycles. The first-order valence-corrected chi connectivity index (χ1v) is 9.02. The highest BCUT2D eigenvalue weighted by molar-refractivity contribution is 7.80. The summed E-state index contributed by atoms with van der Waals surface area (Å²) in [6, 6.07) is 21.9. The van der Waals surface area contributed by atoms with Crippen LogP contribution in [-0.2, 0) is 6.54 Å². The van der Waals surface area contributed by atoms with Gasteiger partial charge in [-0.05, 0) is 60.2 Å². The predicted octanol–water partition coefficient (Wildman–Crippen LogP) is 3.35. The topological polar surface area (TPSA) is 110 Å². The average molecular weight is 392 g/mol. The molecule has 0 radical (unpaired) electrons. The quantitative estimate of drug-likeness (QED) is 0.392. The van der Waals surface area contributed by atoms with E-state index < -0.39 is 5.91 Å². The van der Waals surface area contributed by atoms with Crippen LogP contribution >= 0.6 is 12.2 Å². The number of primary amides is 1. The molecular formula is C21H21N5OS. The first kappa shape index (κ1) is 19.2. The highest BCUT2D eigenvalue weighted by Crippen LogP contribution is 2.26. The number of anilines is 4. The van der Waals surface area contributed by atoms with Crippen LogP contribution in [0.4, 0.5) is 22.7 Å². The van der Waals surface area contributed by atoms with Gasteiger partial charge >= 0.3 is 0 Å². The van der Waals surface area contributed by atoms with Crippen LogP contribution in [0.1, 0.15) is 15.9 Å². The Hall–Kier alpha value is -3.58. The number of benzene rings is 3. The van der Waals surface area contributed by atoms with Crippen molar-refractivity contribution in [3.63, 3.8) is 0 Å². The molecule has 0 unspecified atom stereocenters. The third-order valence-electron chi connectivity index (χ3n) is 4.19. The molecule has 0 bridgehead atoms. The van der Waals surface area contributed by atoms with E-state index in [-0.39, 0.29) is 0 Å². The minimum absolute atomic E-state index is 0.454. The molecule has 6 nitrogen and oxygen atoms in total. The molecule has 142 valence electrons. The third kappa shape index (κ3) is 4.57. The van der Waals surface area contributed by atoms with E-state index in [1.807, 2.05) is 59.5 Å². The Morgan fingerprint density at radius 2 is 1.68 bits per heavy atom. The smallest absolute Gasteiger partial charge is 0.248 e. The van der Waals surface area contributed by atoms with Crippen molar-refractivity contribution >= 4 is 46.0 Å². The van der Waals surface area contributed by atoms with Gasteiger partial charge in [0, 0.05) is 16.9 Å². The number of nitrogen functional groups attached to an aromatic ring is 2. The molecule has 0 atom stereocenters. The fourth-order valence-corrected chi connectivity index (χ4v) is 3.04. The normalized spacial score (nSPS) is 10.3. The number of nitrogens with two attached hydrogens (primary N) is 3. The summed E-state index contributed by atoms with van der Waals surface area (Å²) in [7, 11) is 0. The van der Waals surface area contributed by atoms with Crippen molar-refractivity contribution in [2.75, 3.05) is 21.7 Å². The van der Waals surface area contributed by atoms with E-state index in [4.69, 9.17) is 29.4 Å². The zero-order valence-corrected chi connectivity index (χ0v) is 15.9. The number of amides is 1. The van der Waals surface area contributed by atoms with E-state index in [0.29, 0.717) is 28.6 Å². The van der Waals surface area contributed by atoms with Gasteiger partial charge in [-0.3, -0.25) is 4.79 Å². The van der Waals surface area contributed by atoms with Gasteiger partial charge in [0.1, 0.15) is 0 Å². The lowest BCUT2D eigenvalue weighted by molar-refractivity contribution is 0.100. The summed E-state index contributed by atoms with van der Waals surface area (Å²) in [5.41, 5.74) is 21.6. The van der Waals surface area contributed by atoms with E-state index in [2.05, 4.69) is 5.32 Å². The predicted molar refractivity (Wildman–Crippen MR) is 119 cm³/mol. The zero-order valence-electron chi connectivity index (χ0n) is 15.1. The van der Waals surface area contributed by atoms with Crippen LogP contribution in [-0.4, -0.2) is 11.0 Å². The molecule has 0 aliphatic heterocycles. The zero-order chi connectivity index (χ0) is 20.1. The number of thiocarbonyl (C=S) groups is 1. The molecule has 0 aliphatic carbocycles. The van der Waals surface area contributed by atoms with Gasteiger partial charge in [0.2, 0.25) is 5.91 Å². The van der Waals surface area contributed by atoms with Crippen LogP contribution < -0.4 is 27.4 Å². The number of rotatable bonds is 5. The Bertz CT molecular complexity index is 1000. The van der Waals surface area contributed by atoms with Gasteiger partial charge in [0.05, 0.1) is 17.9 Å². The second-order valence-corrected chi connectivity index (χ2v) is 6.65. The summed E-state index contributed by atoms with van der Waals surface area (Å²) in [4.78, 5) is 13.2. The molecule has 1 amide bonds. The van der Waals surface area contributed by atoms with Crippen molar-refractivity contribution in [1.82, 2.24) is 0 Å². The van der Waals surface area contributed by atoms with Crippen LogP contribution in [0.5, 0.6) is 0 Å². The number of carbonyl (C=O) groups excluding carboxylic acids is 1. The van der Waals surface area contributed by atoms with Crippen LogP contribution in [0, 0.1) is 0 Å². The monoisotopic (exact) mass is 391 g/mol. The molecule has 0 fully saturated rings. The summed E-state index contributed by atoms with van der Waals surface area (Å²) in [6.07, 6.45) is 0. The van der Waals surface area contributed by atoms with E-state index in [1.165, 1.54) is 0 Å². The van der Waals surface area contributed by atoms with Gasteiger partial charge in [0.25, 0.3) is 0 Å². The van der Waals surface area contributed by atoms with Crippen molar-refractivity contribution in [3.05, 3.63) is 83.9 Å². The molecule has 0 aromatic heterocycles. The number of hydrogen-bond acceptors (Lipinski definition) is 4. The first-order chi connectivity index (χ1) is 13.4. The number of nitrogens with zero attached hydrogens (tertiary/aromatic N) is 1. The van der Waals surface area contributed by atoms with Gasteiger partial charge in [-0.25, -0.2) is 0 Å². The minimum Gasteiger partial charge on any atom is -0.399 e. The van der Waals surface area contributed by atoms with Crippen molar-refractivity contribution in [2.45, 2.75) is 6.54 Å². The molecule has 7 heteroatoms. The van der Waals surface area contributed by atoms with Crippen LogP contribution in [0.2, 0.25) is 0 Å². The highest BCUT2D eigenvalue weighted by atomic mass is 32.1. The highest BCUT2D eigenvalue weighted by Gasteiger charge is 2.16. The number of para-hydroxylation sites is 2. The Balaban J connectivity index is 1.89. The molecule has 0 aliphatic rings. The van der Waals surface area contributed by atoms with E-state index in [1.54, 1.807) is 18.2 Å². The van der Waals surface area contributed by atoms with Gasteiger partial charge in [0.15, 0.2) is 5.11 Å². The molecule has 3 aromatic rings. The lowest BCUT2D eigenvalue weighted by atomic mass is 10.1. The summed E-state index contributed by atoms with van der Waals surface area (Å²) in [5.74, 6) is -0.463. The molecule has 7 N–H and O–H groups in total. The summed E-state index contributed by atoms with van der Waals surface area (Å²) >= 11 is 5.65. The molecule has 0 spiro atoms. The van der Waals surface area contributed by atoms with Crippen LogP contribution in [0.15, 0.2) is 72.8 Å². The maximum Gasteiger partial charge on any atom is 0.248 e. The van der Waals surface area contributed by atoms with Crippen LogP contribution in [0.3, 0.4) is 0 Å². The Morgan fingerprint density at radius 1 is 0.964 bits per heavy atom. The SMILES string of the molecule is NC(=O)c1ccc(CN(C(=S)Nc2cccc(N)c2)c2ccccc2N)cc1. The largest absolute Gasteiger partial charge is 0.399 e.